The Hall–Kier alpha value is -2.04. The number of hydrogen-bond donors (Lipinski definition) is 1. The lowest BCUT2D eigenvalue weighted by Gasteiger charge is -2.14. The van der Waals surface area contributed by atoms with Crippen LogP contribution in [0.1, 0.15) is 33.2 Å². The molecule has 0 aliphatic rings. The summed E-state index contributed by atoms with van der Waals surface area (Å²) in [4.78, 5) is 23.3. The fraction of sp³-hybridized carbons (Fsp3) is 0.176. The van der Waals surface area contributed by atoms with Gasteiger partial charge in [-0.25, -0.2) is 9.59 Å². The summed E-state index contributed by atoms with van der Waals surface area (Å²) in [5, 5.41) is 9.99. The average Bonchev–Trinajstić information content (AvgIpc) is 2.50. The summed E-state index contributed by atoms with van der Waals surface area (Å²) in [6, 6.07) is 11.1. The van der Waals surface area contributed by atoms with Gasteiger partial charge in [0.1, 0.15) is 6.10 Å². The SMILES string of the molecule is C[C@H](Cc1ccc(Cl)c(Cl)c1)OC(=O)c1ccccc1C(=O)O. The van der Waals surface area contributed by atoms with E-state index in [-0.39, 0.29) is 11.1 Å². The molecule has 1 N–H and O–H groups in total. The third-order valence-corrected chi connectivity index (χ3v) is 3.93. The van der Waals surface area contributed by atoms with E-state index in [0.29, 0.717) is 16.5 Å². The summed E-state index contributed by atoms with van der Waals surface area (Å²) in [7, 11) is 0. The van der Waals surface area contributed by atoms with Gasteiger partial charge in [-0.15, -0.1) is 0 Å². The smallest absolute Gasteiger partial charge is 0.339 e. The van der Waals surface area contributed by atoms with Crippen LogP contribution in [0.5, 0.6) is 0 Å². The molecule has 0 bridgehead atoms. The highest BCUT2D eigenvalue weighted by molar-refractivity contribution is 6.42. The van der Waals surface area contributed by atoms with Gasteiger partial charge in [0.2, 0.25) is 0 Å². The van der Waals surface area contributed by atoms with E-state index >= 15 is 0 Å². The van der Waals surface area contributed by atoms with Gasteiger partial charge in [0.25, 0.3) is 0 Å². The van der Waals surface area contributed by atoms with Crippen molar-refractivity contribution in [2.24, 2.45) is 0 Å². The molecule has 0 saturated heterocycles. The summed E-state index contributed by atoms with van der Waals surface area (Å²) < 4.78 is 5.32. The second-order valence-electron chi connectivity index (χ2n) is 5.02. The molecule has 120 valence electrons. The third kappa shape index (κ3) is 4.47. The van der Waals surface area contributed by atoms with Crippen LogP contribution in [-0.4, -0.2) is 23.1 Å². The molecule has 2 aromatic carbocycles. The molecule has 23 heavy (non-hydrogen) atoms. The number of rotatable bonds is 5. The highest BCUT2D eigenvalue weighted by Crippen LogP contribution is 2.23. The lowest BCUT2D eigenvalue weighted by molar-refractivity contribution is 0.0336. The first-order chi connectivity index (χ1) is 10.9. The van der Waals surface area contributed by atoms with Gasteiger partial charge in [-0.05, 0) is 36.8 Å². The van der Waals surface area contributed by atoms with Gasteiger partial charge in [-0.3, -0.25) is 0 Å². The van der Waals surface area contributed by atoms with Crippen molar-refractivity contribution in [3.8, 4) is 0 Å². The molecule has 0 heterocycles. The van der Waals surface area contributed by atoms with Crippen LogP contribution in [0, 0.1) is 0 Å². The minimum atomic E-state index is -1.17. The lowest BCUT2D eigenvalue weighted by atomic mass is 10.1. The zero-order valence-corrected chi connectivity index (χ0v) is 13.8. The molecule has 0 aliphatic heterocycles. The van der Waals surface area contributed by atoms with E-state index in [1.165, 1.54) is 12.1 Å². The summed E-state index contributed by atoms with van der Waals surface area (Å²) in [5.41, 5.74) is 0.812. The van der Waals surface area contributed by atoms with Crippen molar-refractivity contribution in [2.45, 2.75) is 19.4 Å². The number of halogens is 2. The van der Waals surface area contributed by atoms with Crippen LogP contribution < -0.4 is 0 Å². The molecule has 2 rings (SSSR count). The second-order valence-corrected chi connectivity index (χ2v) is 5.83. The number of benzene rings is 2. The number of hydrogen-bond acceptors (Lipinski definition) is 3. The van der Waals surface area contributed by atoms with Crippen LogP contribution in [0.4, 0.5) is 0 Å². The predicted octanol–water partition coefficient (Wildman–Crippen LogP) is 4.48. The van der Waals surface area contributed by atoms with Crippen molar-refractivity contribution in [1.82, 2.24) is 0 Å². The Morgan fingerprint density at radius 2 is 1.74 bits per heavy atom. The second kappa shape index (κ2) is 7.49. The molecule has 2 aromatic rings. The number of aromatic carboxylic acids is 1. The molecule has 0 aliphatic carbocycles. The Morgan fingerprint density at radius 1 is 1.09 bits per heavy atom. The molecule has 0 amide bonds. The van der Waals surface area contributed by atoms with Crippen molar-refractivity contribution in [3.05, 3.63) is 69.2 Å². The molecular formula is C17H14Cl2O4. The van der Waals surface area contributed by atoms with Crippen molar-refractivity contribution < 1.29 is 19.4 Å². The Balaban J connectivity index is 2.08. The Kier molecular flexibility index (Phi) is 5.64. The maximum atomic E-state index is 12.2. The number of carboxylic acid groups (broad SMARTS) is 1. The third-order valence-electron chi connectivity index (χ3n) is 3.19. The normalized spacial score (nSPS) is 11.8. The van der Waals surface area contributed by atoms with Crippen LogP contribution in [0.3, 0.4) is 0 Å². The number of esters is 1. The molecule has 1 atom stereocenters. The van der Waals surface area contributed by atoms with Crippen LogP contribution in [0.25, 0.3) is 0 Å². The topological polar surface area (TPSA) is 63.6 Å². The maximum absolute atomic E-state index is 12.2. The first-order valence-corrected chi connectivity index (χ1v) is 7.61. The predicted molar refractivity (Wildman–Crippen MR) is 88.4 cm³/mol. The summed E-state index contributed by atoms with van der Waals surface area (Å²) in [6.45, 7) is 1.73. The monoisotopic (exact) mass is 352 g/mol. The Morgan fingerprint density at radius 3 is 2.35 bits per heavy atom. The van der Waals surface area contributed by atoms with Crippen LogP contribution in [0.2, 0.25) is 10.0 Å². The fourth-order valence-corrected chi connectivity index (χ4v) is 2.45. The van der Waals surface area contributed by atoms with E-state index in [0.717, 1.165) is 5.56 Å². The first-order valence-electron chi connectivity index (χ1n) is 6.85. The van der Waals surface area contributed by atoms with Crippen LogP contribution in [0.15, 0.2) is 42.5 Å². The summed E-state index contributed by atoms with van der Waals surface area (Å²) in [5.74, 6) is -1.84. The van der Waals surface area contributed by atoms with Crippen molar-refractivity contribution in [3.63, 3.8) is 0 Å². The molecule has 0 fully saturated rings. The van der Waals surface area contributed by atoms with Crippen molar-refractivity contribution in [1.29, 1.82) is 0 Å². The van der Waals surface area contributed by atoms with Gasteiger partial charge in [0.05, 0.1) is 21.2 Å². The van der Waals surface area contributed by atoms with E-state index in [1.807, 2.05) is 0 Å². The quantitative estimate of drug-likeness (QED) is 0.805. The molecule has 6 heteroatoms. The molecule has 0 aromatic heterocycles. The standard InChI is InChI=1S/C17H14Cl2O4/c1-10(8-11-6-7-14(18)15(19)9-11)23-17(22)13-5-3-2-4-12(13)16(20)21/h2-7,9-10H,8H2,1H3,(H,20,21)/t10-/m1/s1. The summed E-state index contributed by atoms with van der Waals surface area (Å²) in [6.07, 6.45) is -0.000641. The zero-order valence-electron chi connectivity index (χ0n) is 12.3. The number of carbonyl (C=O) groups excluding carboxylic acids is 1. The number of carbonyl (C=O) groups is 2. The van der Waals surface area contributed by atoms with E-state index in [9.17, 15) is 9.59 Å². The van der Waals surface area contributed by atoms with Gasteiger partial charge < -0.3 is 9.84 Å². The number of ether oxygens (including phenoxy) is 1. The largest absolute Gasteiger partial charge is 0.478 e. The van der Waals surface area contributed by atoms with Gasteiger partial charge in [-0.2, -0.15) is 0 Å². The lowest BCUT2D eigenvalue weighted by Crippen LogP contribution is -2.19. The highest BCUT2D eigenvalue weighted by Gasteiger charge is 2.19. The molecular weight excluding hydrogens is 339 g/mol. The molecule has 0 unspecified atom stereocenters. The first kappa shape index (κ1) is 17.3. The van der Waals surface area contributed by atoms with Crippen LogP contribution >= 0.6 is 23.2 Å². The van der Waals surface area contributed by atoms with E-state index in [2.05, 4.69) is 0 Å². The highest BCUT2D eigenvalue weighted by atomic mass is 35.5. The minimum absolute atomic E-state index is 0.0287. The van der Waals surface area contributed by atoms with Crippen LogP contribution in [-0.2, 0) is 11.2 Å². The molecule has 0 radical (unpaired) electrons. The van der Waals surface area contributed by atoms with Gasteiger partial charge >= 0.3 is 11.9 Å². The summed E-state index contributed by atoms with van der Waals surface area (Å²) >= 11 is 11.8. The minimum Gasteiger partial charge on any atom is -0.478 e. The van der Waals surface area contributed by atoms with E-state index < -0.39 is 18.0 Å². The van der Waals surface area contributed by atoms with E-state index in [1.54, 1.807) is 37.3 Å². The maximum Gasteiger partial charge on any atom is 0.339 e. The molecule has 0 spiro atoms. The molecule has 0 saturated carbocycles. The van der Waals surface area contributed by atoms with Gasteiger partial charge in [0, 0.05) is 6.42 Å². The van der Waals surface area contributed by atoms with Crippen molar-refractivity contribution in [2.75, 3.05) is 0 Å². The van der Waals surface area contributed by atoms with Gasteiger partial charge in [0.15, 0.2) is 0 Å². The Bertz CT molecular complexity index is 743. The van der Waals surface area contributed by atoms with E-state index in [4.69, 9.17) is 33.0 Å². The van der Waals surface area contributed by atoms with Gasteiger partial charge in [-0.1, -0.05) is 41.4 Å². The molecule has 4 nitrogen and oxygen atoms in total. The number of carboxylic acids is 1. The average molecular weight is 353 g/mol. The zero-order chi connectivity index (χ0) is 17.0. The fourth-order valence-electron chi connectivity index (χ4n) is 2.13. The Labute approximate surface area is 143 Å². The van der Waals surface area contributed by atoms with Crippen molar-refractivity contribution >= 4 is 35.1 Å².